The van der Waals surface area contributed by atoms with Crippen molar-refractivity contribution in [3.63, 3.8) is 0 Å². The number of aliphatic hydroxyl groups is 3. The minimum atomic E-state index is -1.13. The third-order valence-corrected chi connectivity index (χ3v) is 9.80. The number of hydrogen-bond acceptors (Lipinski definition) is 11. The molecule has 2 saturated carbocycles. The fourth-order valence-corrected chi connectivity index (χ4v) is 7.74. The first-order valence-corrected chi connectivity index (χ1v) is 14.7. The number of thiazole rings is 1. The fraction of sp³-hybridized carbons (Fsp3) is 0.643. The lowest BCUT2D eigenvalue weighted by molar-refractivity contribution is -0.0601. The Morgan fingerprint density at radius 3 is 2.51 bits per heavy atom. The summed E-state index contributed by atoms with van der Waals surface area (Å²) in [4.78, 5) is 19.0. The molecular formula is C28H38N6O4S. The maximum absolute atomic E-state index is 10.9. The Morgan fingerprint density at radius 2 is 1.82 bits per heavy atom. The van der Waals surface area contributed by atoms with E-state index in [1.165, 1.54) is 12.8 Å². The maximum atomic E-state index is 10.9. The van der Waals surface area contributed by atoms with E-state index in [2.05, 4.69) is 15.6 Å². The zero-order chi connectivity index (χ0) is 27.5. The van der Waals surface area contributed by atoms with Crippen LogP contribution in [0, 0.1) is 19.8 Å². The highest BCUT2D eigenvalue weighted by Gasteiger charge is 2.48. The Balaban J connectivity index is 1.35. The largest absolute Gasteiger partial charge is 0.390 e. The van der Waals surface area contributed by atoms with Crippen LogP contribution in [-0.4, -0.2) is 77.4 Å². The molecule has 5 atom stereocenters. The molecule has 11 heteroatoms. The van der Waals surface area contributed by atoms with Crippen LogP contribution in [-0.2, 0) is 4.74 Å². The normalized spacial score (nSPS) is 28.5. The third-order valence-electron chi connectivity index (χ3n) is 8.76. The van der Waals surface area contributed by atoms with Crippen LogP contribution in [0.25, 0.3) is 20.8 Å². The number of nitrogens with one attached hydrogen (secondary N) is 2. The van der Waals surface area contributed by atoms with Gasteiger partial charge in [-0.25, -0.2) is 9.97 Å². The van der Waals surface area contributed by atoms with E-state index in [0.717, 1.165) is 51.4 Å². The number of anilines is 2. The first-order valence-electron chi connectivity index (χ1n) is 13.9. The highest BCUT2D eigenvalue weighted by molar-refractivity contribution is 7.21. The highest BCUT2D eigenvalue weighted by atomic mass is 32.1. The molecule has 0 amide bonds. The van der Waals surface area contributed by atoms with Crippen LogP contribution < -0.4 is 10.6 Å². The van der Waals surface area contributed by atoms with Crippen molar-refractivity contribution in [3.8, 4) is 10.6 Å². The number of aromatic nitrogens is 4. The summed E-state index contributed by atoms with van der Waals surface area (Å²) < 4.78 is 7.25. The predicted octanol–water partition coefficient (Wildman–Crippen LogP) is 3.57. The molecule has 6 rings (SSSR count). The van der Waals surface area contributed by atoms with Crippen LogP contribution >= 0.6 is 11.3 Å². The van der Waals surface area contributed by atoms with Gasteiger partial charge >= 0.3 is 0 Å². The van der Waals surface area contributed by atoms with Crippen LogP contribution in [0.5, 0.6) is 0 Å². The van der Waals surface area contributed by atoms with Crippen molar-refractivity contribution in [1.82, 2.24) is 19.9 Å². The zero-order valence-corrected chi connectivity index (χ0v) is 23.8. The van der Waals surface area contributed by atoms with E-state index < -0.39 is 29.8 Å². The van der Waals surface area contributed by atoms with Crippen molar-refractivity contribution in [3.05, 3.63) is 23.7 Å². The second kappa shape index (κ2) is 9.88. The topological polar surface area (TPSA) is 146 Å². The quantitative estimate of drug-likeness (QED) is 0.306. The van der Waals surface area contributed by atoms with Gasteiger partial charge in [-0.3, -0.25) is 4.98 Å². The molecule has 1 aliphatic heterocycles. The Bertz CT molecular complexity index is 1370. The summed E-state index contributed by atoms with van der Waals surface area (Å²) in [5.41, 5.74) is 2.05. The number of aliphatic hydroxyl groups excluding tert-OH is 2. The second-order valence-corrected chi connectivity index (χ2v) is 13.1. The van der Waals surface area contributed by atoms with Gasteiger partial charge < -0.3 is 30.7 Å². The molecule has 5 N–H and O–H groups in total. The number of nitrogens with zero attached hydrogens (tertiary/aromatic N) is 4. The predicted molar refractivity (Wildman–Crippen MR) is 151 cm³/mol. The van der Waals surface area contributed by atoms with Crippen LogP contribution in [0.1, 0.15) is 63.8 Å². The van der Waals surface area contributed by atoms with E-state index in [1.807, 2.05) is 19.9 Å². The summed E-state index contributed by atoms with van der Waals surface area (Å²) in [5.74, 6) is 0.550. The first-order chi connectivity index (χ1) is 18.5. The molecule has 1 saturated heterocycles. The molecule has 3 aliphatic rings. The number of rotatable bonds is 6. The molecule has 0 radical (unpaired) electrons. The van der Waals surface area contributed by atoms with Gasteiger partial charge in [0.2, 0.25) is 5.95 Å². The third kappa shape index (κ3) is 4.99. The molecule has 39 heavy (non-hydrogen) atoms. The van der Waals surface area contributed by atoms with Gasteiger partial charge in [0.25, 0.3) is 0 Å². The number of fused-ring (bicyclic) bond motifs is 1. The lowest BCUT2D eigenvalue weighted by Gasteiger charge is -2.28. The summed E-state index contributed by atoms with van der Waals surface area (Å²) in [6, 6.07) is 1.56. The summed E-state index contributed by atoms with van der Waals surface area (Å²) >= 11 is 1.54. The standard InChI is InChI=1S/C28H38N6O4S/c1-14-20(25-33-21-15(2)29-10-7-19(21)39-25)24(32-18-11-17(27(3,4)37)22(35)23(18)36)34-26(30-14)31-16-12-28(38-13-16)8-5-6-9-28/h7,10,16-18,22-23,35-37H,5-6,8-9,11-13H2,1-4H3,(H2,30,31,32,34)/t16?,17-,18+,22+,23-/m0/s1. The first kappa shape index (κ1) is 26.8. The summed E-state index contributed by atoms with van der Waals surface area (Å²) in [6.45, 7) is 7.83. The van der Waals surface area contributed by atoms with Crippen molar-refractivity contribution >= 4 is 33.3 Å². The Hall–Kier alpha value is -2.44. The molecule has 4 heterocycles. The van der Waals surface area contributed by atoms with Crippen molar-refractivity contribution < 1.29 is 20.1 Å². The summed E-state index contributed by atoms with van der Waals surface area (Å²) in [6.07, 6.45) is 5.62. The van der Waals surface area contributed by atoms with E-state index in [-0.39, 0.29) is 11.6 Å². The molecule has 3 aromatic rings. The fourth-order valence-electron chi connectivity index (χ4n) is 6.63. The van der Waals surface area contributed by atoms with Crippen molar-refractivity contribution in [2.45, 2.75) is 102 Å². The highest BCUT2D eigenvalue weighted by Crippen LogP contribution is 2.43. The lowest BCUT2D eigenvalue weighted by atomic mass is 9.88. The molecule has 3 aromatic heterocycles. The van der Waals surface area contributed by atoms with Gasteiger partial charge in [0, 0.05) is 12.1 Å². The minimum Gasteiger partial charge on any atom is -0.390 e. The summed E-state index contributed by atoms with van der Waals surface area (Å²) in [5, 5.41) is 39.9. The smallest absolute Gasteiger partial charge is 0.225 e. The van der Waals surface area contributed by atoms with Crippen molar-refractivity contribution in [2.24, 2.45) is 5.92 Å². The van der Waals surface area contributed by atoms with Crippen molar-refractivity contribution in [1.29, 1.82) is 0 Å². The van der Waals surface area contributed by atoms with E-state index in [9.17, 15) is 15.3 Å². The Kier molecular flexibility index (Phi) is 6.78. The van der Waals surface area contributed by atoms with Gasteiger partial charge in [0.05, 0.1) is 57.6 Å². The van der Waals surface area contributed by atoms with Crippen LogP contribution in [0.3, 0.4) is 0 Å². The summed E-state index contributed by atoms with van der Waals surface area (Å²) in [7, 11) is 0. The number of aryl methyl sites for hydroxylation is 2. The SMILES string of the molecule is Cc1nc(NC2COC3(CCCC3)C2)nc(N[C@@H]2C[C@H](C(C)(C)O)[C@@H](O)[C@H]2O)c1-c1nc2c(C)nccc2s1. The van der Waals surface area contributed by atoms with Gasteiger partial charge in [-0.15, -0.1) is 11.3 Å². The second-order valence-electron chi connectivity index (χ2n) is 12.1. The average molecular weight is 555 g/mol. The lowest BCUT2D eigenvalue weighted by Crippen LogP contribution is -2.40. The zero-order valence-electron chi connectivity index (χ0n) is 22.9. The monoisotopic (exact) mass is 554 g/mol. The molecule has 10 nitrogen and oxygen atoms in total. The molecular weight excluding hydrogens is 516 g/mol. The molecule has 210 valence electrons. The number of pyridine rings is 1. The molecule has 0 bridgehead atoms. The van der Waals surface area contributed by atoms with Gasteiger partial charge in [-0.2, -0.15) is 4.98 Å². The van der Waals surface area contributed by atoms with E-state index in [0.29, 0.717) is 24.8 Å². The van der Waals surface area contributed by atoms with E-state index in [1.54, 1.807) is 31.4 Å². The minimum absolute atomic E-state index is 0.0170. The molecule has 0 aromatic carbocycles. The Morgan fingerprint density at radius 1 is 1.05 bits per heavy atom. The van der Waals surface area contributed by atoms with Crippen LogP contribution in [0.15, 0.2) is 12.3 Å². The van der Waals surface area contributed by atoms with Crippen molar-refractivity contribution in [2.75, 3.05) is 17.2 Å². The van der Waals surface area contributed by atoms with E-state index >= 15 is 0 Å². The van der Waals surface area contributed by atoms with Crippen LogP contribution in [0.4, 0.5) is 11.8 Å². The van der Waals surface area contributed by atoms with Gasteiger partial charge in [0.1, 0.15) is 22.4 Å². The number of ether oxygens (including phenoxy) is 1. The van der Waals surface area contributed by atoms with E-state index in [4.69, 9.17) is 19.7 Å². The maximum Gasteiger partial charge on any atom is 0.225 e. The molecule has 1 unspecified atom stereocenters. The van der Waals surface area contributed by atoms with Gasteiger partial charge in [-0.1, -0.05) is 12.8 Å². The molecule has 2 aliphatic carbocycles. The number of hydrogen-bond donors (Lipinski definition) is 5. The molecule has 3 fully saturated rings. The Labute approximate surface area is 232 Å². The van der Waals surface area contributed by atoms with Gasteiger partial charge in [0.15, 0.2) is 0 Å². The molecule has 1 spiro atoms. The van der Waals surface area contributed by atoms with Gasteiger partial charge in [-0.05, 0) is 59.4 Å². The average Bonchev–Trinajstić information content (AvgIpc) is 3.65. The van der Waals surface area contributed by atoms with Crippen LogP contribution in [0.2, 0.25) is 0 Å².